The van der Waals surface area contributed by atoms with Gasteiger partial charge in [-0.15, -0.1) is 0 Å². The van der Waals surface area contributed by atoms with E-state index in [1.54, 1.807) is 0 Å². The number of aliphatic hydroxyl groups is 1. The highest BCUT2D eigenvalue weighted by Gasteiger charge is 2.12. The van der Waals surface area contributed by atoms with Crippen LogP contribution < -0.4 is 0 Å². The molecule has 0 radical (unpaired) electrons. The monoisotopic (exact) mass is 178 g/mol. The fourth-order valence-electron chi connectivity index (χ4n) is 1.35. The Morgan fingerprint density at radius 1 is 1.38 bits per heavy atom. The van der Waals surface area contributed by atoms with Gasteiger partial charge in [-0.1, -0.05) is 6.08 Å². The van der Waals surface area contributed by atoms with E-state index in [4.69, 9.17) is 5.11 Å². The van der Waals surface area contributed by atoms with Gasteiger partial charge in [-0.2, -0.15) is 0 Å². The van der Waals surface area contributed by atoms with Gasteiger partial charge in [0.1, 0.15) is 5.69 Å². The molecule has 0 bridgehead atoms. The van der Waals surface area contributed by atoms with Crippen LogP contribution in [0.4, 0.5) is 0 Å². The Hall–Kier alpha value is -1.42. The lowest BCUT2D eigenvalue weighted by Crippen LogP contribution is -2.04. The van der Waals surface area contributed by atoms with Gasteiger partial charge < -0.3 is 10.2 Å². The first-order valence-electron chi connectivity index (χ1n) is 4.17. The third-order valence-electron chi connectivity index (χ3n) is 2.02. The van der Waals surface area contributed by atoms with Crippen molar-refractivity contribution in [2.24, 2.45) is 0 Å². The maximum Gasteiger partial charge on any atom is 0.235 e. The Morgan fingerprint density at radius 3 is 3.00 bits per heavy atom. The molecule has 0 aromatic carbocycles. The van der Waals surface area contributed by atoms with E-state index in [-0.39, 0.29) is 18.2 Å². The Morgan fingerprint density at radius 2 is 2.23 bits per heavy atom. The standard InChI is InChI=1S/C9H10N2O2/c12-5-8-9(13)11-7-4-2-1-3-6(7)10-8/h1,3,12H,2,4-5H2,(H,11,13). The highest BCUT2D eigenvalue weighted by molar-refractivity contribution is 5.50. The molecule has 4 nitrogen and oxygen atoms in total. The quantitative estimate of drug-likeness (QED) is 0.662. The first kappa shape index (κ1) is 8.19. The predicted molar refractivity (Wildman–Crippen MR) is 47.0 cm³/mol. The van der Waals surface area contributed by atoms with E-state index in [1.165, 1.54) is 0 Å². The minimum Gasteiger partial charge on any atom is -0.492 e. The molecule has 68 valence electrons. The summed E-state index contributed by atoms with van der Waals surface area (Å²) < 4.78 is 0. The number of aryl methyl sites for hydroxylation is 1. The second-order valence-corrected chi connectivity index (χ2v) is 2.92. The lowest BCUT2D eigenvalue weighted by atomic mass is 10.1. The molecule has 2 rings (SSSR count). The van der Waals surface area contributed by atoms with Crippen LogP contribution in [0.3, 0.4) is 0 Å². The average Bonchev–Trinajstić information content (AvgIpc) is 2.17. The average molecular weight is 178 g/mol. The molecular weight excluding hydrogens is 168 g/mol. The van der Waals surface area contributed by atoms with Crippen molar-refractivity contribution in [1.82, 2.24) is 9.97 Å². The molecule has 0 saturated carbocycles. The summed E-state index contributed by atoms with van der Waals surface area (Å²) in [7, 11) is 0. The first-order chi connectivity index (χ1) is 6.31. The van der Waals surface area contributed by atoms with Crippen molar-refractivity contribution in [1.29, 1.82) is 0 Å². The molecule has 0 fully saturated rings. The Labute approximate surface area is 75.6 Å². The second kappa shape index (κ2) is 3.14. The van der Waals surface area contributed by atoms with Crippen molar-refractivity contribution in [3.63, 3.8) is 0 Å². The molecule has 4 heteroatoms. The van der Waals surface area contributed by atoms with Crippen LogP contribution in [0.1, 0.15) is 23.5 Å². The summed E-state index contributed by atoms with van der Waals surface area (Å²) >= 11 is 0. The molecule has 0 unspecified atom stereocenters. The minimum absolute atomic E-state index is 0.156. The number of fused-ring (bicyclic) bond motifs is 1. The topological polar surface area (TPSA) is 66.2 Å². The van der Waals surface area contributed by atoms with E-state index in [0.717, 1.165) is 24.2 Å². The number of hydrogen-bond donors (Lipinski definition) is 2. The summed E-state index contributed by atoms with van der Waals surface area (Å²) in [6.07, 6.45) is 5.61. The zero-order valence-electron chi connectivity index (χ0n) is 7.06. The predicted octanol–water partition coefficient (Wildman–Crippen LogP) is 0.634. The molecule has 1 aliphatic carbocycles. The van der Waals surface area contributed by atoms with Crippen molar-refractivity contribution in [2.75, 3.05) is 0 Å². The van der Waals surface area contributed by atoms with Gasteiger partial charge in [-0.3, -0.25) is 0 Å². The molecule has 1 heterocycles. The van der Waals surface area contributed by atoms with Crippen LogP contribution in [-0.4, -0.2) is 20.2 Å². The maximum absolute atomic E-state index is 9.31. The summed E-state index contributed by atoms with van der Waals surface area (Å²) in [4.78, 5) is 8.05. The summed E-state index contributed by atoms with van der Waals surface area (Å²) in [5.41, 5.74) is 1.80. The lowest BCUT2D eigenvalue weighted by molar-refractivity contribution is 0.267. The molecule has 2 N–H and O–H groups in total. The fourth-order valence-corrected chi connectivity index (χ4v) is 1.35. The zero-order chi connectivity index (χ0) is 9.26. The van der Waals surface area contributed by atoms with E-state index < -0.39 is 0 Å². The third kappa shape index (κ3) is 1.40. The Kier molecular flexibility index (Phi) is 1.98. The van der Waals surface area contributed by atoms with Crippen molar-refractivity contribution in [3.05, 3.63) is 23.2 Å². The van der Waals surface area contributed by atoms with Crippen LogP contribution in [0, 0.1) is 0 Å². The highest BCUT2D eigenvalue weighted by Crippen LogP contribution is 2.20. The van der Waals surface area contributed by atoms with Gasteiger partial charge in [0, 0.05) is 0 Å². The van der Waals surface area contributed by atoms with Gasteiger partial charge in [0.2, 0.25) is 5.88 Å². The third-order valence-corrected chi connectivity index (χ3v) is 2.02. The molecule has 1 aliphatic rings. The fraction of sp³-hybridized carbons (Fsp3) is 0.333. The van der Waals surface area contributed by atoms with Gasteiger partial charge in [0.25, 0.3) is 0 Å². The zero-order valence-corrected chi connectivity index (χ0v) is 7.06. The first-order valence-corrected chi connectivity index (χ1v) is 4.17. The molecule has 0 atom stereocenters. The van der Waals surface area contributed by atoms with E-state index in [1.807, 2.05) is 12.2 Å². The number of rotatable bonds is 1. The van der Waals surface area contributed by atoms with Crippen LogP contribution in [0.5, 0.6) is 5.88 Å². The molecule has 1 aromatic heterocycles. The molecule has 0 amide bonds. The van der Waals surface area contributed by atoms with Gasteiger partial charge in [-0.05, 0) is 18.9 Å². The minimum atomic E-state index is -0.278. The number of hydrogen-bond acceptors (Lipinski definition) is 4. The highest BCUT2D eigenvalue weighted by atomic mass is 16.3. The summed E-state index contributed by atoms with van der Waals surface area (Å²) in [6.45, 7) is -0.278. The number of aliphatic hydroxyl groups excluding tert-OH is 1. The maximum atomic E-state index is 9.31. The van der Waals surface area contributed by atoms with Crippen LogP contribution >= 0.6 is 0 Å². The largest absolute Gasteiger partial charge is 0.492 e. The van der Waals surface area contributed by atoms with Gasteiger partial charge >= 0.3 is 0 Å². The van der Waals surface area contributed by atoms with E-state index in [0.29, 0.717) is 0 Å². The molecular formula is C9H10N2O2. The van der Waals surface area contributed by atoms with Crippen LogP contribution in [0.25, 0.3) is 6.08 Å². The van der Waals surface area contributed by atoms with Gasteiger partial charge in [-0.25, -0.2) is 9.97 Å². The van der Waals surface area contributed by atoms with E-state index in [9.17, 15) is 5.11 Å². The van der Waals surface area contributed by atoms with Gasteiger partial charge in [0.15, 0.2) is 0 Å². The van der Waals surface area contributed by atoms with Crippen molar-refractivity contribution >= 4 is 6.08 Å². The van der Waals surface area contributed by atoms with E-state index >= 15 is 0 Å². The summed E-state index contributed by atoms with van der Waals surface area (Å²) in [5.74, 6) is -0.156. The number of aromatic nitrogens is 2. The summed E-state index contributed by atoms with van der Waals surface area (Å²) in [6, 6.07) is 0. The van der Waals surface area contributed by atoms with Crippen LogP contribution in [0.15, 0.2) is 6.08 Å². The molecule has 0 saturated heterocycles. The Balaban J connectivity index is 2.52. The molecule has 13 heavy (non-hydrogen) atoms. The Bertz CT molecular complexity index is 361. The number of nitrogens with zero attached hydrogens (tertiary/aromatic N) is 2. The van der Waals surface area contributed by atoms with Crippen LogP contribution in [-0.2, 0) is 13.0 Å². The second-order valence-electron chi connectivity index (χ2n) is 2.92. The summed E-state index contributed by atoms with van der Waals surface area (Å²) in [5, 5.41) is 18.1. The van der Waals surface area contributed by atoms with Gasteiger partial charge in [0.05, 0.1) is 18.0 Å². The number of allylic oxidation sites excluding steroid dienone is 1. The molecule has 0 aliphatic heterocycles. The normalized spacial score (nSPS) is 14.2. The smallest absolute Gasteiger partial charge is 0.235 e. The number of aromatic hydroxyl groups is 1. The van der Waals surface area contributed by atoms with Crippen molar-refractivity contribution < 1.29 is 10.2 Å². The lowest BCUT2D eigenvalue weighted by Gasteiger charge is -2.10. The van der Waals surface area contributed by atoms with Crippen molar-refractivity contribution in [2.45, 2.75) is 19.4 Å². The molecule has 1 aromatic rings. The SMILES string of the molecule is OCc1nc2c(nc1O)CCC=C2. The van der Waals surface area contributed by atoms with Crippen LogP contribution in [0.2, 0.25) is 0 Å². The van der Waals surface area contributed by atoms with Crippen molar-refractivity contribution in [3.8, 4) is 5.88 Å². The van der Waals surface area contributed by atoms with E-state index in [2.05, 4.69) is 9.97 Å². The molecule has 0 spiro atoms.